The lowest BCUT2D eigenvalue weighted by molar-refractivity contribution is 0.0939. The van der Waals surface area contributed by atoms with E-state index in [2.05, 4.69) is 67.2 Å². The molecule has 5 rings (SSSR count). The first kappa shape index (κ1) is 19.2. The molecule has 0 atom stereocenters. The van der Waals surface area contributed by atoms with Gasteiger partial charge in [0.2, 0.25) is 5.88 Å². The third-order valence-corrected chi connectivity index (χ3v) is 6.32. The molecule has 0 amide bonds. The van der Waals surface area contributed by atoms with Crippen LogP contribution in [0, 0.1) is 6.92 Å². The average Bonchev–Trinajstić information content (AvgIpc) is 3.39. The van der Waals surface area contributed by atoms with E-state index in [4.69, 9.17) is 4.74 Å². The molecule has 154 valence electrons. The molecule has 0 unspecified atom stereocenters. The molecule has 0 N–H and O–H groups in total. The van der Waals surface area contributed by atoms with Crippen LogP contribution in [0.4, 0.5) is 0 Å². The smallest absolute Gasteiger partial charge is 0.226 e. The number of benzene rings is 1. The summed E-state index contributed by atoms with van der Waals surface area (Å²) in [5.74, 6) is 0.710. The minimum absolute atomic E-state index is 0.187. The SMILES string of the molecule is Cc1cn(Cc2ccccc2)c2ncnc(OC3CCN(Cc4cscn4)CC3)c12. The molecule has 0 radical (unpaired) electrons. The van der Waals surface area contributed by atoms with Crippen molar-refractivity contribution in [1.29, 1.82) is 0 Å². The molecule has 1 saturated heterocycles. The molecule has 1 aliphatic heterocycles. The summed E-state index contributed by atoms with van der Waals surface area (Å²) < 4.78 is 8.58. The maximum absolute atomic E-state index is 6.39. The Hall–Kier alpha value is -2.77. The van der Waals surface area contributed by atoms with Gasteiger partial charge < -0.3 is 9.30 Å². The molecular weight excluding hydrogens is 394 g/mol. The van der Waals surface area contributed by atoms with Gasteiger partial charge in [0.1, 0.15) is 18.1 Å². The van der Waals surface area contributed by atoms with Crippen LogP contribution in [0.2, 0.25) is 0 Å². The first-order valence-corrected chi connectivity index (χ1v) is 11.3. The Morgan fingerprint density at radius 3 is 2.67 bits per heavy atom. The number of hydrogen-bond donors (Lipinski definition) is 0. The van der Waals surface area contributed by atoms with Crippen LogP contribution in [-0.4, -0.2) is 43.6 Å². The molecule has 7 heteroatoms. The van der Waals surface area contributed by atoms with Crippen molar-refractivity contribution in [3.8, 4) is 5.88 Å². The zero-order valence-electron chi connectivity index (χ0n) is 17.1. The summed E-state index contributed by atoms with van der Waals surface area (Å²) >= 11 is 1.66. The molecule has 4 aromatic rings. The largest absolute Gasteiger partial charge is 0.474 e. The zero-order valence-corrected chi connectivity index (χ0v) is 17.9. The number of piperidine rings is 1. The summed E-state index contributed by atoms with van der Waals surface area (Å²) in [6.07, 6.45) is 5.96. The molecule has 30 heavy (non-hydrogen) atoms. The van der Waals surface area contributed by atoms with Gasteiger partial charge in [0.25, 0.3) is 0 Å². The zero-order chi connectivity index (χ0) is 20.3. The van der Waals surface area contributed by atoms with Crippen LogP contribution >= 0.6 is 11.3 Å². The highest BCUT2D eigenvalue weighted by molar-refractivity contribution is 7.07. The summed E-state index contributed by atoms with van der Waals surface area (Å²) in [5, 5.41) is 3.15. The lowest BCUT2D eigenvalue weighted by atomic mass is 10.1. The van der Waals surface area contributed by atoms with Crippen molar-refractivity contribution in [2.45, 2.75) is 39.0 Å². The number of nitrogens with zero attached hydrogens (tertiary/aromatic N) is 5. The van der Waals surface area contributed by atoms with Gasteiger partial charge in [-0.15, -0.1) is 11.3 Å². The predicted molar refractivity (Wildman–Crippen MR) is 119 cm³/mol. The van der Waals surface area contributed by atoms with E-state index in [1.54, 1.807) is 17.7 Å². The van der Waals surface area contributed by atoms with Gasteiger partial charge in [-0.3, -0.25) is 4.90 Å². The van der Waals surface area contributed by atoms with E-state index < -0.39 is 0 Å². The van der Waals surface area contributed by atoms with Gasteiger partial charge in [-0.2, -0.15) is 0 Å². The van der Waals surface area contributed by atoms with E-state index in [0.29, 0.717) is 5.88 Å². The second-order valence-corrected chi connectivity index (χ2v) is 8.59. The van der Waals surface area contributed by atoms with Gasteiger partial charge >= 0.3 is 0 Å². The third kappa shape index (κ3) is 4.08. The number of ether oxygens (including phenoxy) is 1. The Labute approximate surface area is 180 Å². The highest BCUT2D eigenvalue weighted by Crippen LogP contribution is 2.29. The van der Waals surface area contributed by atoms with Crippen molar-refractivity contribution >= 4 is 22.4 Å². The molecule has 1 aliphatic rings. The fourth-order valence-electron chi connectivity index (χ4n) is 4.16. The Morgan fingerprint density at radius 1 is 1.07 bits per heavy atom. The fraction of sp³-hybridized carbons (Fsp3) is 0.348. The lowest BCUT2D eigenvalue weighted by Crippen LogP contribution is -2.38. The summed E-state index contributed by atoms with van der Waals surface area (Å²) in [7, 11) is 0. The second-order valence-electron chi connectivity index (χ2n) is 7.88. The standard InChI is InChI=1S/C23H25N5OS/c1-17-11-28(12-18-5-3-2-4-6-18)22-21(17)23(25-15-24-22)29-20-7-9-27(10-8-20)13-19-14-30-16-26-19/h2-6,11,14-16,20H,7-10,12-13H2,1H3. The van der Waals surface area contributed by atoms with E-state index >= 15 is 0 Å². The lowest BCUT2D eigenvalue weighted by Gasteiger charge is -2.31. The highest BCUT2D eigenvalue weighted by atomic mass is 32.1. The minimum atomic E-state index is 0.187. The summed E-state index contributed by atoms with van der Waals surface area (Å²) in [4.78, 5) is 15.9. The average molecular weight is 420 g/mol. The Morgan fingerprint density at radius 2 is 1.90 bits per heavy atom. The van der Waals surface area contributed by atoms with Crippen LogP contribution in [0.25, 0.3) is 11.0 Å². The highest BCUT2D eigenvalue weighted by Gasteiger charge is 2.23. The van der Waals surface area contributed by atoms with Crippen molar-refractivity contribution in [3.05, 3.63) is 70.6 Å². The van der Waals surface area contributed by atoms with Crippen LogP contribution in [0.15, 0.2) is 53.7 Å². The monoisotopic (exact) mass is 419 g/mol. The van der Waals surface area contributed by atoms with E-state index in [9.17, 15) is 0 Å². The number of rotatable bonds is 6. The molecular formula is C23H25N5OS. The summed E-state index contributed by atoms with van der Waals surface area (Å²) in [6.45, 7) is 5.86. The maximum atomic E-state index is 6.39. The minimum Gasteiger partial charge on any atom is -0.474 e. The predicted octanol–water partition coefficient (Wildman–Crippen LogP) is 4.29. The summed E-state index contributed by atoms with van der Waals surface area (Å²) in [5.41, 5.74) is 6.40. The van der Waals surface area contributed by atoms with Crippen LogP contribution in [0.1, 0.15) is 29.7 Å². The van der Waals surface area contributed by atoms with E-state index in [0.717, 1.165) is 61.3 Å². The van der Waals surface area contributed by atoms with Gasteiger partial charge in [-0.05, 0) is 30.9 Å². The van der Waals surface area contributed by atoms with Gasteiger partial charge in [-0.1, -0.05) is 30.3 Å². The van der Waals surface area contributed by atoms with Crippen LogP contribution in [-0.2, 0) is 13.1 Å². The first-order valence-electron chi connectivity index (χ1n) is 10.4. The molecule has 4 heterocycles. The third-order valence-electron chi connectivity index (χ3n) is 5.69. The molecule has 6 nitrogen and oxygen atoms in total. The Bertz CT molecular complexity index is 1100. The van der Waals surface area contributed by atoms with Crippen molar-refractivity contribution < 1.29 is 4.74 Å². The Kier molecular flexibility index (Phi) is 5.46. The van der Waals surface area contributed by atoms with Crippen LogP contribution in [0.5, 0.6) is 5.88 Å². The van der Waals surface area contributed by atoms with Crippen molar-refractivity contribution in [1.82, 2.24) is 24.4 Å². The maximum Gasteiger partial charge on any atom is 0.226 e. The molecule has 0 aliphatic carbocycles. The molecule has 0 saturated carbocycles. The molecule has 1 fully saturated rings. The number of hydrogen-bond acceptors (Lipinski definition) is 6. The van der Waals surface area contributed by atoms with Gasteiger partial charge in [0, 0.05) is 37.8 Å². The molecule has 1 aromatic carbocycles. The molecule has 3 aromatic heterocycles. The molecule has 0 spiro atoms. The Balaban J connectivity index is 1.29. The van der Waals surface area contributed by atoms with E-state index in [-0.39, 0.29) is 6.10 Å². The quantitative estimate of drug-likeness (QED) is 0.467. The number of aryl methyl sites for hydroxylation is 1. The van der Waals surface area contributed by atoms with Gasteiger partial charge in [0.15, 0.2) is 0 Å². The van der Waals surface area contributed by atoms with Crippen molar-refractivity contribution in [2.75, 3.05) is 13.1 Å². The number of aromatic nitrogens is 4. The second kappa shape index (κ2) is 8.53. The summed E-state index contributed by atoms with van der Waals surface area (Å²) in [6, 6.07) is 10.5. The van der Waals surface area contributed by atoms with Gasteiger partial charge in [0.05, 0.1) is 16.6 Å². The number of likely N-dealkylation sites (tertiary alicyclic amines) is 1. The fourth-order valence-corrected chi connectivity index (χ4v) is 4.71. The van der Waals surface area contributed by atoms with Gasteiger partial charge in [-0.25, -0.2) is 15.0 Å². The van der Waals surface area contributed by atoms with E-state index in [1.165, 1.54) is 5.56 Å². The molecule has 0 bridgehead atoms. The van der Waals surface area contributed by atoms with Crippen molar-refractivity contribution in [2.24, 2.45) is 0 Å². The number of fused-ring (bicyclic) bond motifs is 1. The number of thiazole rings is 1. The van der Waals surface area contributed by atoms with Crippen LogP contribution in [0.3, 0.4) is 0 Å². The first-order chi connectivity index (χ1) is 14.8. The normalized spacial score (nSPS) is 15.6. The van der Waals surface area contributed by atoms with E-state index in [1.807, 2.05) is 11.6 Å². The topological polar surface area (TPSA) is 56.1 Å². The van der Waals surface area contributed by atoms with Crippen molar-refractivity contribution in [3.63, 3.8) is 0 Å². The van der Waals surface area contributed by atoms with Crippen LogP contribution < -0.4 is 4.74 Å².